The number of hydrogen-bond acceptors (Lipinski definition) is 2. The third-order valence-corrected chi connectivity index (χ3v) is 3.12. The largest absolute Gasteiger partial charge is 0.273 e. The fraction of sp³-hybridized carbons (Fsp3) is 0.467. The van der Waals surface area contributed by atoms with E-state index in [1.54, 1.807) is 0 Å². The number of rotatable bonds is 7. The van der Waals surface area contributed by atoms with Crippen LogP contribution < -0.4 is 5.43 Å². The fourth-order valence-electron chi connectivity index (χ4n) is 1.67. The van der Waals surface area contributed by atoms with Crippen LogP contribution in [0.3, 0.4) is 0 Å². The molecule has 0 saturated carbocycles. The van der Waals surface area contributed by atoms with E-state index in [1.165, 1.54) is 12.8 Å². The maximum absolute atomic E-state index is 11.6. The van der Waals surface area contributed by atoms with Gasteiger partial charge >= 0.3 is 0 Å². The first-order valence-electron chi connectivity index (χ1n) is 6.72. The van der Waals surface area contributed by atoms with Crippen molar-refractivity contribution in [2.24, 2.45) is 5.10 Å². The topological polar surface area (TPSA) is 41.5 Å². The lowest BCUT2D eigenvalue weighted by molar-refractivity contribution is -0.121. The predicted octanol–water partition coefficient (Wildman–Crippen LogP) is 4.15. The number of hydrazone groups is 1. The summed E-state index contributed by atoms with van der Waals surface area (Å²) in [6, 6.07) is 7.38. The SMILES string of the molecule is CCCCCCC(=O)N/N=C(\C)c1ccc(Cl)cc1. The average molecular weight is 281 g/mol. The fourth-order valence-corrected chi connectivity index (χ4v) is 1.80. The van der Waals surface area contributed by atoms with Gasteiger partial charge in [-0.3, -0.25) is 4.79 Å². The minimum absolute atomic E-state index is 0.0237. The van der Waals surface area contributed by atoms with Gasteiger partial charge in [0.2, 0.25) is 5.91 Å². The average Bonchev–Trinajstić information content (AvgIpc) is 2.42. The van der Waals surface area contributed by atoms with Crippen LogP contribution in [0.1, 0.15) is 51.5 Å². The highest BCUT2D eigenvalue weighted by Gasteiger charge is 2.01. The molecule has 0 aliphatic carbocycles. The van der Waals surface area contributed by atoms with Crippen molar-refractivity contribution in [2.75, 3.05) is 0 Å². The van der Waals surface area contributed by atoms with Gasteiger partial charge in [0.1, 0.15) is 0 Å². The molecule has 0 radical (unpaired) electrons. The molecule has 1 rings (SSSR count). The van der Waals surface area contributed by atoms with Crippen molar-refractivity contribution in [2.45, 2.75) is 46.0 Å². The van der Waals surface area contributed by atoms with Gasteiger partial charge in [-0.15, -0.1) is 0 Å². The molecule has 0 unspecified atom stereocenters. The standard InChI is InChI=1S/C15H21ClN2O/c1-3-4-5-6-7-15(19)18-17-12(2)13-8-10-14(16)11-9-13/h8-11H,3-7H2,1-2H3,(H,18,19)/b17-12+. The molecular weight excluding hydrogens is 260 g/mol. The van der Waals surface area contributed by atoms with Gasteiger partial charge in [-0.1, -0.05) is 49.9 Å². The Labute approximate surface area is 120 Å². The highest BCUT2D eigenvalue weighted by Crippen LogP contribution is 2.10. The molecular formula is C15H21ClN2O. The molecule has 104 valence electrons. The Morgan fingerprint density at radius 1 is 1.21 bits per heavy atom. The molecule has 0 spiro atoms. The molecule has 1 aromatic carbocycles. The molecule has 0 saturated heterocycles. The van der Waals surface area contributed by atoms with Gasteiger partial charge < -0.3 is 0 Å². The van der Waals surface area contributed by atoms with Crippen LogP contribution in [0.15, 0.2) is 29.4 Å². The maximum atomic E-state index is 11.6. The van der Waals surface area contributed by atoms with Gasteiger partial charge in [-0.05, 0) is 31.0 Å². The molecule has 4 heteroatoms. The van der Waals surface area contributed by atoms with Crippen LogP contribution in [0.2, 0.25) is 5.02 Å². The van der Waals surface area contributed by atoms with Crippen molar-refractivity contribution >= 4 is 23.2 Å². The van der Waals surface area contributed by atoms with Gasteiger partial charge in [-0.25, -0.2) is 5.43 Å². The van der Waals surface area contributed by atoms with E-state index >= 15 is 0 Å². The van der Waals surface area contributed by atoms with E-state index in [9.17, 15) is 4.79 Å². The second-order valence-electron chi connectivity index (χ2n) is 4.55. The molecule has 0 aliphatic rings. The second kappa shape index (κ2) is 8.70. The van der Waals surface area contributed by atoms with E-state index in [0.29, 0.717) is 11.4 Å². The number of carbonyl (C=O) groups excluding carboxylic acids is 1. The minimum atomic E-state index is -0.0237. The summed E-state index contributed by atoms with van der Waals surface area (Å²) in [6.45, 7) is 4.01. The molecule has 0 aliphatic heterocycles. The van der Waals surface area contributed by atoms with E-state index in [0.717, 1.165) is 24.1 Å². The third-order valence-electron chi connectivity index (χ3n) is 2.87. The highest BCUT2D eigenvalue weighted by molar-refractivity contribution is 6.30. The number of benzene rings is 1. The quantitative estimate of drug-likeness (QED) is 0.455. The molecule has 19 heavy (non-hydrogen) atoms. The van der Waals surface area contributed by atoms with Crippen molar-refractivity contribution in [1.82, 2.24) is 5.43 Å². The molecule has 0 fully saturated rings. The molecule has 0 bridgehead atoms. The van der Waals surface area contributed by atoms with E-state index in [-0.39, 0.29) is 5.91 Å². The van der Waals surface area contributed by atoms with Crippen molar-refractivity contribution in [3.8, 4) is 0 Å². The highest BCUT2D eigenvalue weighted by atomic mass is 35.5. The monoisotopic (exact) mass is 280 g/mol. The number of unbranched alkanes of at least 4 members (excludes halogenated alkanes) is 3. The smallest absolute Gasteiger partial charge is 0.240 e. The van der Waals surface area contributed by atoms with Crippen LogP contribution in [0.5, 0.6) is 0 Å². The summed E-state index contributed by atoms with van der Waals surface area (Å²) >= 11 is 5.82. The van der Waals surface area contributed by atoms with Crippen LogP contribution in [-0.4, -0.2) is 11.6 Å². The summed E-state index contributed by atoms with van der Waals surface area (Å²) in [6.07, 6.45) is 4.92. The van der Waals surface area contributed by atoms with E-state index in [1.807, 2.05) is 31.2 Å². The van der Waals surface area contributed by atoms with Gasteiger partial charge in [0, 0.05) is 11.4 Å². The molecule has 0 atom stereocenters. The summed E-state index contributed by atoms with van der Waals surface area (Å²) < 4.78 is 0. The zero-order valence-electron chi connectivity index (χ0n) is 11.6. The lowest BCUT2D eigenvalue weighted by Gasteiger charge is -2.03. The third kappa shape index (κ3) is 6.39. The lowest BCUT2D eigenvalue weighted by Crippen LogP contribution is -2.18. The zero-order valence-corrected chi connectivity index (χ0v) is 12.3. The van der Waals surface area contributed by atoms with Crippen LogP contribution in [-0.2, 0) is 4.79 Å². The number of nitrogens with one attached hydrogen (secondary N) is 1. The van der Waals surface area contributed by atoms with Gasteiger partial charge in [-0.2, -0.15) is 5.10 Å². The summed E-state index contributed by atoms with van der Waals surface area (Å²) in [7, 11) is 0. The first-order chi connectivity index (χ1) is 9.13. The molecule has 0 aromatic heterocycles. The van der Waals surface area contributed by atoms with E-state index in [2.05, 4.69) is 17.5 Å². The number of hydrogen-bond donors (Lipinski definition) is 1. The van der Waals surface area contributed by atoms with Gasteiger partial charge in [0.25, 0.3) is 0 Å². The Balaban J connectivity index is 2.38. The summed E-state index contributed by atoms with van der Waals surface area (Å²) in [5.41, 5.74) is 4.32. The maximum Gasteiger partial charge on any atom is 0.240 e. The van der Waals surface area contributed by atoms with Crippen molar-refractivity contribution < 1.29 is 4.79 Å². The summed E-state index contributed by atoms with van der Waals surface area (Å²) in [5, 5.41) is 4.79. The van der Waals surface area contributed by atoms with Crippen LogP contribution in [0.4, 0.5) is 0 Å². The first kappa shape index (κ1) is 15.7. The Morgan fingerprint density at radius 3 is 2.53 bits per heavy atom. The Morgan fingerprint density at radius 2 is 1.89 bits per heavy atom. The Kier molecular flexibility index (Phi) is 7.19. The van der Waals surface area contributed by atoms with Crippen molar-refractivity contribution in [3.05, 3.63) is 34.9 Å². The molecule has 1 amide bonds. The summed E-state index contributed by atoms with van der Waals surface area (Å²) in [5.74, 6) is -0.0237. The molecule has 0 heterocycles. The van der Waals surface area contributed by atoms with Crippen LogP contribution in [0, 0.1) is 0 Å². The number of nitrogens with zero attached hydrogens (tertiary/aromatic N) is 1. The molecule has 1 N–H and O–H groups in total. The van der Waals surface area contributed by atoms with E-state index < -0.39 is 0 Å². The van der Waals surface area contributed by atoms with Crippen molar-refractivity contribution in [1.29, 1.82) is 0 Å². The second-order valence-corrected chi connectivity index (χ2v) is 4.99. The zero-order chi connectivity index (χ0) is 14.1. The minimum Gasteiger partial charge on any atom is -0.273 e. The number of halogens is 1. The van der Waals surface area contributed by atoms with E-state index in [4.69, 9.17) is 11.6 Å². The Hall–Kier alpha value is -1.35. The molecule has 3 nitrogen and oxygen atoms in total. The predicted molar refractivity (Wildman–Crippen MR) is 80.6 cm³/mol. The van der Waals surface area contributed by atoms with Gasteiger partial charge in [0.15, 0.2) is 0 Å². The summed E-state index contributed by atoms with van der Waals surface area (Å²) in [4.78, 5) is 11.6. The molecule has 1 aromatic rings. The van der Waals surface area contributed by atoms with Crippen LogP contribution in [0.25, 0.3) is 0 Å². The Bertz CT molecular complexity index is 426. The lowest BCUT2D eigenvalue weighted by atomic mass is 10.1. The normalized spacial score (nSPS) is 11.4. The number of amides is 1. The van der Waals surface area contributed by atoms with Crippen molar-refractivity contribution in [3.63, 3.8) is 0 Å². The van der Waals surface area contributed by atoms with Crippen LogP contribution >= 0.6 is 11.6 Å². The van der Waals surface area contributed by atoms with Gasteiger partial charge in [0.05, 0.1) is 5.71 Å². The first-order valence-corrected chi connectivity index (χ1v) is 7.10. The number of carbonyl (C=O) groups is 1.